The van der Waals surface area contributed by atoms with Crippen LogP contribution in [0.4, 0.5) is 5.82 Å². The fourth-order valence-electron chi connectivity index (χ4n) is 3.59. The third-order valence-corrected chi connectivity index (χ3v) is 5.26. The minimum Gasteiger partial charge on any atom is -0.382 e. The minimum absolute atomic E-state index is 0.00205. The molecule has 0 aliphatic carbocycles. The standard InChI is InChI=1S/C24H19N9O3/c1-14(29-22(34)19-20(25)27-11-10-26-19)21-30-23-18(24(35)33(21)16-6-4-3-5-7-16)17(31-36-23)9-8-15-12-28-32(2)13-15/h3-7,10-14H,1-2H3,(H2,25,27)(H,29,34)/t14-/m1/s1. The van der Waals surface area contributed by atoms with Gasteiger partial charge in [0, 0.05) is 25.6 Å². The number of para-hydroxylation sites is 1. The third-order valence-electron chi connectivity index (χ3n) is 5.26. The molecule has 1 aromatic carbocycles. The van der Waals surface area contributed by atoms with Gasteiger partial charge in [-0.2, -0.15) is 10.1 Å². The van der Waals surface area contributed by atoms with E-state index in [0.717, 1.165) is 0 Å². The van der Waals surface area contributed by atoms with Gasteiger partial charge in [-0.25, -0.2) is 9.97 Å². The van der Waals surface area contributed by atoms with Gasteiger partial charge in [0.2, 0.25) is 0 Å². The number of carbonyl (C=O) groups excluding carboxylic acids is 1. The lowest BCUT2D eigenvalue weighted by atomic mass is 10.2. The highest BCUT2D eigenvalue weighted by Gasteiger charge is 2.24. The van der Waals surface area contributed by atoms with Crippen molar-refractivity contribution < 1.29 is 9.32 Å². The van der Waals surface area contributed by atoms with Crippen LogP contribution in [-0.2, 0) is 7.05 Å². The molecule has 178 valence electrons. The molecule has 0 bridgehead atoms. The average molecular weight is 481 g/mol. The van der Waals surface area contributed by atoms with Crippen molar-refractivity contribution in [1.82, 2.24) is 39.8 Å². The van der Waals surface area contributed by atoms with Crippen molar-refractivity contribution in [1.29, 1.82) is 0 Å². The molecule has 0 spiro atoms. The lowest BCUT2D eigenvalue weighted by Crippen LogP contribution is -2.34. The first-order chi connectivity index (χ1) is 17.4. The maximum atomic E-state index is 13.7. The highest BCUT2D eigenvalue weighted by atomic mass is 16.5. The molecule has 12 nitrogen and oxygen atoms in total. The van der Waals surface area contributed by atoms with Crippen molar-refractivity contribution in [3.05, 3.63) is 88.2 Å². The number of fused-ring (bicyclic) bond motifs is 1. The van der Waals surface area contributed by atoms with Crippen LogP contribution in [0, 0.1) is 11.8 Å². The van der Waals surface area contributed by atoms with E-state index in [-0.39, 0.29) is 34.1 Å². The summed E-state index contributed by atoms with van der Waals surface area (Å²) in [5.41, 5.74) is 6.64. The fraction of sp³-hybridized carbons (Fsp3) is 0.125. The molecule has 4 aromatic heterocycles. The molecule has 5 aromatic rings. The predicted octanol–water partition coefficient (Wildman–Crippen LogP) is 1.37. The number of aryl methyl sites for hydroxylation is 1. The molecule has 12 heteroatoms. The Kier molecular flexibility index (Phi) is 5.71. The van der Waals surface area contributed by atoms with Gasteiger partial charge in [0.05, 0.1) is 23.5 Å². The monoisotopic (exact) mass is 481 g/mol. The number of nitrogens with two attached hydrogens (primary N) is 1. The van der Waals surface area contributed by atoms with Crippen molar-refractivity contribution in [2.24, 2.45) is 7.05 Å². The van der Waals surface area contributed by atoms with Crippen molar-refractivity contribution in [3.8, 4) is 17.5 Å². The van der Waals surface area contributed by atoms with Crippen molar-refractivity contribution >= 4 is 22.8 Å². The Morgan fingerprint density at radius 3 is 2.67 bits per heavy atom. The SMILES string of the molecule is C[C@@H](NC(=O)c1nccnc1N)c1nc2onc(C#Cc3cnn(C)c3)c2c(=O)n1-c1ccccc1. The largest absolute Gasteiger partial charge is 0.382 e. The summed E-state index contributed by atoms with van der Waals surface area (Å²) in [6, 6.07) is 8.16. The van der Waals surface area contributed by atoms with Crippen molar-refractivity contribution in [2.75, 3.05) is 5.73 Å². The van der Waals surface area contributed by atoms with E-state index in [1.54, 1.807) is 55.3 Å². The van der Waals surface area contributed by atoms with E-state index in [2.05, 4.69) is 42.4 Å². The van der Waals surface area contributed by atoms with E-state index in [1.165, 1.54) is 17.0 Å². The molecule has 5 rings (SSSR count). The summed E-state index contributed by atoms with van der Waals surface area (Å²) in [5.74, 6) is 5.42. The van der Waals surface area contributed by atoms with Gasteiger partial charge in [-0.3, -0.25) is 18.8 Å². The van der Waals surface area contributed by atoms with Gasteiger partial charge in [-0.1, -0.05) is 29.3 Å². The van der Waals surface area contributed by atoms with Gasteiger partial charge in [-0.15, -0.1) is 0 Å². The third kappa shape index (κ3) is 4.16. The lowest BCUT2D eigenvalue weighted by molar-refractivity contribution is 0.0933. The van der Waals surface area contributed by atoms with Crippen LogP contribution < -0.4 is 16.6 Å². The molecule has 1 atom stereocenters. The van der Waals surface area contributed by atoms with Gasteiger partial charge >= 0.3 is 0 Å². The molecular weight excluding hydrogens is 462 g/mol. The summed E-state index contributed by atoms with van der Waals surface area (Å²) in [6.07, 6.45) is 6.09. The summed E-state index contributed by atoms with van der Waals surface area (Å²) < 4.78 is 8.37. The van der Waals surface area contributed by atoms with Crippen molar-refractivity contribution in [3.63, 3.8) is 0 Å². The topological polar surface area (TPSA) is 160 Å². The Bertz CT molecular complexity index is 1710. The number of anilines is 1. The van der Waals surface area contributed by atoms with Gasteiger partial charge in [0.25, 0.3) is 17.2 Å². The molecule has 1 amide bonds. The van der Waals surface area contributed by atoms with Crippen LogP contribution in [0.25, 0.3) is 16.8 Å². The summed E-state index contributed by atoms with van der Waals surface area (Å²) >= 11 is 0. The quantitative estimate of drug-likeness (QED) is 0.361. The molecule has 0 saturated carbocycles. The van der Waals surface area contributed by atoms with E-state index < -0.39 is 17.5 Å². The second kappa shape index (κ2) is 9.15. The van der Waals surface area contributed by atoms with Crippen LogP contribution in [0.15, 0.2) is 64.4 Å². The highest BCUT2D eigenvalue weighted by molar-refractivity contribution is 5.96. The van der Waals surface area contributed by atoms with Gasteiger partial charge in [-0.05, 0) is 25.0 Å². The Morgan fingerprint density at radius 2 is 1.94 bits per heavy atom. The Morgan fingerprint density at radius 1 is 1.17 bits per heavy atom. The van der Waals surface area contributed by atoms with Gasteiger partial charge in [0.1, 0.15) is 11.2 Å². The van der Waals surface area contributed by atoms with Crippen LogP contribution in [0.2, 0.25) is 0 Å². The zero-order valence-corrected chi connectivity index (χ0v) is 19.2. The average Bonchev–Trinajstić information content (AvgIpc) is 3.49. The fourth-order valence-corrected chi connectivity index (χ4v) is 3.59. The first-order valence-electron chi connectivity index (χ1n) is 10.8. The summed E-state index contributed by atoms with van der Waals surface area (Å²) in [4.78, 5) is 38.9. The number of carbonyl (C=O) groups is 1. The number of hydrogen-bond donors (Lipinski definition) is 2. The number of nitrogen functional groups attached to an aromatic ring is 1. The van der Waals surface area contributed by atoms with Crippen LogP contribution >= 0.6 is 0 Å². The molecule has 36 heavy (non-hydrogen) atoms. The summed E-state index contributed by atoms with van der Waals surface area (Å²) in [6.45, 7) is 1.68. The van der Waals surface area contributed by atoms with Gasteiger partial charge in [0.15, 0.2) is 17.2 Å². The molecule has 0 fully saturated rings. The number of nitrogens with zero attached hydrogens (tertiary/aromatic N) is 7. The minimum atomic E-state index is -0.744. The lowest BCUT2D eigenvalue weighted by Gasteiger charge is -2.18. The Labute approximate surface area is 203 Å². The van der Waals surface area contributed by atoms with Gasteiger partial charge < -0.3 is 15.6 Å². The summed E-state index contributed by atoms with van der Waals surface area (Å²) in [5, 5.41) is 10.9. The van der Waals surface area contributed by atoms with Crippen LogP contribution in [-0.4, -0.2) is 40.4 Å². The second-order valence-corrected chi connectivity index (χ2v) is 7.80. The zero-order valence-electron chi connectivity index (χ0n) is 19.2. The number of hydrogen-bond acceptors (Lipinski definition) is 9. The molecule has 0 unspecified atom stereocenters. The number of amides is 1. The van der Waals surface area contributed by atoms with E-state index in [0.29, 0.717) is 11.3 Å². The van der Waals surface area contributed by atoms with Crippen LogP contribution in [0.5, 0.6) is 0 Å². The number of nitrogens with one attached hydrogen (secondary N) is 1. The molecule has 0 saturated heterocycles. The zero-order chi connectivity index (χ0) is 25.2. The number of aromatic nitrogens is 7. The first-order valence-corrected chi connectivity index (χ1v) is 10.8. The number of benzene rings is 1. The van der Waals surface area contributed by atoms with E-state index in [1.807, 2.05) is 6.07 Å². The van der Waals surface area contributed by atoms with Crippen LogP contribution in [0.3, 0.4) is 0 Å². The highest BCUT2D eigenvalue weighted by Crippen LogP contribution is 2.20. The van der Waals surface area contributed by atoms with Crippen LogP contribution in [0.1, 0.15) is 40.5 Å². The maximum absolute atomic E-state index is 13.7. The Hall–Kier alpha value is -5.31. The predicted molar refractivity (Wildman–Crippen MR) is 129 cm³/mol. The molecule has 0 aliphatic heterocycles. The summed E-state index contributed by atoms with van der Waals surface area (Å²) in [7, 11) is 1.78. The van der Waals surface area contributed by atoms with E-state index in [9.17, 15) is 9.59 Å². The molecule has 3 N–H and O–H groups in total. The maximum Gasteiger partial charge on any atom is 0.274 e. The molecular formula is C24H19N9O3. The van der Waals surface area contributed by atoms with Crippen molar-refractivity contribution in [2.45, 2.75) is 13.0 Å². The molecule has 0 radical (unpaired) electrons. The smallest absolute Gasteiger partial charge is 0.274 e. The first kappa shape index (κ1) is 22.5. The van der Waals surface area contributed by atoms with E-state index >= 15 is 0 Å². The van der Waals surface area contributed by atoms with E-state index in [4.69, 9.17) is 10.3 Å². The number of rotatable bonds is 4. The molecule has 0 aliphatic rings. The normalized spacial score (nSPS) is 11.6. The molecule has 4 heterocycles. The second-order valence-electron chi connectivity index (χ2n) is 7.80. The Balaban J connectivity index is 1.62.